The SMILES string of the molecule is C=CCc1c(CN2CCCc3ccccc32)c(=O)[nH]c(=O)n1[C@@H]1O[C@H](CO[Si](C)(C)C(C)(C)C)[C@H]2OC(C)(C)O[C@H]21. The Kier molecular flexibility index (Phi) is 8.01. The Hall–Kier alpha value is -2.50. The van der Waals surface area contributed by atoms with Crippen LogP contribution in [0.15, 0.2) is 46.5 Å². The second-order valence-electron chi connectivity index (χ2n) is 13.4. The van der Waals surface area contributed by atoms with Crippen molar-refractivity contribution in [3.05, 3.63) is 74.6 Å². The molecule has 0 radical (unpaired) electrons. The van der Waals surface area contributed by atoms with E-state index in [4.69, 9.17) is 18.6 Å². The van der Waals surface area contributed by atoms with Gasteiger partial charge in [-0.2, -0.15) is 0 Å². The number of para-hydroxylation sites is 1. The highest BCUT2D eigenvalue weighted by molar-refractivity contribution is 6.74. The van der Waals surface area contributed by atoms with E-state index in [1.54, 1.807) is 10.6 Å². The fourth-order valence-corrected chi connectivity index (χ4v) is 6.91. The second kappa shape index (κ2) is 11.0. The van der Waals surface area contributed by atoms with Gasteiger partial charge in [0, 0.05) is 24.3 Å². The zero-order chi connectivity index (χ0) is 29.7. The first kappa shape index (κ1) is 30.0. The zero-order valence-corrected chi connectivity index (χ0v) is 26.5. The van der Waals surface area contributed by atoms with Crippen molar-refractivity contribution < 1.29 is 18.6 Å². The largest absolute Gasteiger partial charge is 0.414 e. The van der Waals surface area contributed by atoms with E-state index in [1.165, 1.54) is 5.56 Å². The molecule has 0 spiro atoms. The molecule has 4 heterocycles. The fraction of sp³-hybridized carbons (Fsp3) is 0.613. The maximum absolute atomic E-state index is 13.5. The molecule has 3 aliphatic heterocycles. The lowest BCUT2D eigenvalue weighted by Gasteiger charge is -2.37. The van der Waals surface area contributed by atoms with E-state index in [0.717, 1.165) is 25.1 Å². The molecule has 5 rings (SSSR count). The van der Waals surface area contributed by atoms with Gasteiger partial charge < -0.3 is 23.5 Å². The van der Waals surface area contributed by atoms with Crippen molar-refractivity contribution in [2.75, 3.05) is 18.1 Å². The van der Waals surface area contributed by atoms with Crippen LogP contribution in [0.4, 0.5) is 5.69 Å². The molecule has 9 nitrogen and oxygen atoms in total. The number of aryl methyl sites for hydroxylation is 1. The van der Waals surface area contributed by atoms with Gasteiger partial charge in [-0.1, -0.05) is 45.0 Å². The summed E-state index contributed by atoms with van der Waals surface area (Å²) in [5.41, 5.74) is 2.58. The number of hydrogen-bond acceptors (Lipinski definition) is 7. The molecule has 0 bridgehead atoms. The summed E-state index contributed by atoms with van der Waals surface area (Å²) < 4.78 is 27.3. The van der Waals surface area contributed by atoms with Crippen LogP contribution in [0.3, 0.4) is 0 Å². The van der Waals surface area contributed by atoms with E-state index >= 15 is 0 Å². The van der Waals surface area contributed by atoms with Crippen LogP contribution in [0.25, 0.3) is 0 Å². The maximum atomic E-state index is 13.5. The van der Waals surface area contributed by atoms with Gasteiger partial charge in [-0.3, -0.25) is 14.3 Å². The number of H-pyrrole nitrogens is 1. The predicted molar refractivity (Wildman–Crippen MR) is 162 cm³/mol. The molecule has 1 aromatic carbocycles. The lowest BCUT2D eigenvalue weighted by Crippen LogP contribution is -2.44. The number of nitrogens with one attached hydrogen (secondary N) is 1. The van der Waals surface area contributed by atoms with Crippen molar-refractivity contribution in [3.63, 3.8) is 0 Å². The summed E-state index contributed by atoms with van der Waals surface area (Å²) >= 11 is 0. The summed E-state index contributed by atoms with van der Waals surface area (Å²) in [5, 5.41) is 0.0334. The molecule has 224 valence electrons. The monoisotopic (exact) mass is 583 g/mol. The van der Waals surface area contributed by atoms with E-state index in [0.29, 0.717) is 30.8 Å². The Bertz CT molecular complexity index is 1410. The van der Waals surface area contributed by atoms with Crippen molar-refractivity contribution in [3.8, 4) is 0 Å². The minimum atomic E-state index is -2.07. The standard InChI is InChI=1S/C31H45N3O6Si/c1-9-13-23-21(18-33-17-12-15-20-14-10-11-16-22(20)33)27(35)32-29(36)34(23)28-26-25(39-31(5,6)40-26)24(38-28)19-37-41(7,8)30(2,3)4/h9-11,14,16,24-26,28H,1,12-13,15,17-19H2,2-8H3,(H,32,35,36)/t24-,25-,26-,28-/m1/s1. The van der Waals surface area contributed by atoms with Gasteiger partial charge in [-0.25, -0.2) is 4.79 Å². The number of aromatic amines is 1. The molecule has 2 saturated heterocycles. The summed E-state index contributed by atoms with van der Waals surface area (Å²) in [7, 11) is -2.07. The Morgan fingerprint density at radius 2 is 1.88 bits per heavy atom. The summed E-state index contributed by atoms with van der Waals surface area (Å²) in [6.07, 6.45) is 1.86. The molecule has 0 unspecified atom stereocenters. The van der Waals surface area contributed by atoms with Gasteiger partial charge in [0.2, 0.25) is 0 Å². The summed E-state index contributed by atoms with van der Waals surface area (Å²) in [5.74, 6) is -0.850. The Balaban J connectivity index is 1.52. The van der Waals surface area contributed by atoms with Gasteiger partial charge >= 0.3 is 5.69 Å². The Morgan fingerprint density at radius 3 is 2.59 bits per heavy atom. The van der Waals surface area contributed by atoms with Crippen molar-refractivity contribution in [1.29, 1.82) is 0 Å². The highest BCUT2D eigenvalue weighted by Gasteiger charge is 2.57. The van der Waals surface area contributed by atoms with Gasteiger partial charge in [0.05, 0.1) is 18.7 Å². The van der Waals surface area contributed by atoms with Crippen LogP contribution in [0.1, 0.15) is 64.1 Å². The van der Waals surface area contributed by atoms with E-state index < -0.39 is 44.3 Å². The average Bonchev–Trinajstić information content (AvgIpc) is 3.37. The molecule has 2 fully saturated rings. The average molecular weight is 584 g/mol. The number of nitrogens with zero attached hydrogens (tertiary/aromatic N) is 2. The van der Waals surface area contributed by atoms with Crippen LogP contribution in [-0.4, -0.2) is 55.1 Å². The molecule has 3 aliphatic rings. The van der Waals surface area contributed by atoms with Crippen LogP contribution in [0.5, 0.6) is 0 Å². The van der Waals surface area contributed by atoms with Gasteiger partial charge in [-0.05, 0) is 56.5 Å². The first-order valence-electron chi connectivity index (χ1n) is 14.7. The third kappa shape index (κ3) is 5.77. The minimum absolute atomic E-state index is 0.0334. The van der Waals surface area contributed by atoms with Crippen molar-refractivity contribution in [2.45, 2.75) is 109 Å². The first-order valence-corrected chi connectivity index (χ1v) is 17.6. The van der Waals surface area contributed by atoms with Crippen LogP contribution < -0.4 is 16.1 Å². The van der Waals surface area contributed by atoms with Crippen molar-refractivity contribution in [2.24, 2.45) is 0 Å². The molecule has 0 saturated carbocycles. The topological polar surface area (TPSA) is 95.0 Å². The van der Waals surface area contributed by atoms with Gasteiger partial charge in [0.15, 0.2) is 20.3 Å². The fourth-order valence-electron chi connectivity index (χ4n) is 5.90. The molecule has 0 amide bonds. The van der Waals surface area contributed by atoms with E-state index in [2.05, 4.69) is 62.5 Å². The quantitative estimate of drug-likeness (QED) is 0.357. The number of hydrogen-bond donors (Lipinski definition) is 1. The zero-order valence-electron chi connectivity index (χ0n) is 25.5. The lowest BCUT2D eigenvalue weighted by molar-refractivity contribution is -0.200. The molecule has 10 heteroatoms. The molecule has 4 atom stereocenters. The van der Waals surface area contributed by atoms with E-state index in [1.807, 2.05) is 26.0 Å². The third-order valence-electron chi connectivity index (χ3n) is 9.04. The third-order valence-corrected chi connectivity index (χ3v) is 13.5. The molecule has 1 N–H and O–H groups in total. The lowest BCUT2D eigenvalue weighted by atomic mass is 10.0. The van der Waals surface area contributed by atoms with Crippen molar-refractivity contribution >= 4 is 14.0 Å². The van der Waals surface area contributed by atoms with E-state index in [9.17, 15) is 9.59 Å². The summed E-state index contributed by atoms with van der Waals surface area (Å²) in [6, 6.07) is 8.29. The number of fused-ring (bicyclic) bond motifs is 2. The molecular weight excluding hydrogens is 538 g/mol. The molecular formula is C31H45N3O6Si. The highest BCUT2D eigenvalue weighted by Crippen LogP contribution is 2.44. The normalized spacial score (nSPS) is 25.7. The minimum Gasteiger partial charge on any atom is -0.414 e. The number of anilines is 1. The van der Waals surface area contributed by atoms with Gasteiger partial charge in [0.25, 0.3) is 5.56 Å². The molecule has 1 aromatic heterocycles. The second-order valence-corrected chi connectivity index (χ2v) is 18.2. The molecule has 41 heavy (non-hydrogen) atoms. The number of allylic oxidation sites excluding steroid dienone is 1. The highest BCUT2D eigenvalue weighted by atomic mass is 28.4. The Labute approximate surface area is 243 Å². The number of rotatable bonds is 8. The van der Waals surface area contributed by atoms with E-state index in [-0.39, 0.29) is 10.6 Å². The smallest absolute Gasteiger partial charge is 0.330 e. The maximum Gasteiger partial charge on any atom is 0.330 e. The summed E-state index contributed by atoms with van der Waals surface area (Å²) in [6.45, 7) is 20.2. The van der Waals surface area contributed by atoms with Crippen LogP contribution >= 0.6 is 0 Å². The van der Waals surface area contributed by atoms with Crippen molar-refractivity contribution in [1.82, 2.24) is 9.55 Å². The predicted octanol–water partition coefficient (Wildman–Crippen LogP) is 4.66. The van der Waals surface area contributed by atoms with Gasteiger partial charge in [0.1, 0.15) is 18.3 Å². The number of benzene rings is 1. The van der Waals surface area contributed by atoms with Crippen LogP contribution in [0, 0.1) is 0 Å². The summed E-state index contributed by atoms with van der Waals surface area (Å²) in [4.78, 5) is 31.7. The molecule has 2 aromatic rings. The first-order chi connectivity index (χ1) is 19.2. The Morgan fingerprint density at radius 1 is 1.17 bits per heavy atom. The van der Waals surface area contributed by atoms with Crippen LogP contribution in [0.2, 0.25) is 18.1 Å². The number of aromatic nitrogens is 2. The van der Waals surface area contributed by atoms with Gasteiger partial charge in [-0.15, -0.1) is 6.58 Å². The number of ether oxygens (including phenoxy) is 3. The van der Waals surface area contributed by atoms with Crippen LogP contribution in [-0.2, 0) is 38.0 Å². The molecule has 0 aliphatic carbocycles.